The Kier molecular flexibility index (Phi) is 6.55. The molecule has 0 spiro atoms. The standard InChI is InChI=1S/C25H25N3O4S/c1-25(24(30)27-20-11-10-18(31-2)13-21(20)32-3)16-33-22-9-5-4-8-19(22)23(29)28(25)15-17-7-6-12-26-14-17/h4-14H,15-16H2,1-3H3,(H,27,30)/t25-/m0/s1. The van der Waals surface area contributed by atoms with E-state index in [1.807, 2.05) is 30.3 Å². The predicted octanol–water partition coefficient (Wildman–Crippen LogP) is 4.24. The highest BCUT2D eigenvalue weighted by Gasteiger charge is 2.45. The molecule has 2 aromatic carbocycles. The third-order valence-electron chi connectivity index (χ3n) is 5.68. The number of anilines is 1. The lowest BCUT2D eigenvalue weighted by Crippen LogP contribution is -2.57. The molecule has 2 amide bonds. The van der Waals surface area contributed by atoms with Crippen molar-refractivity contribution in [3.05, 3.63) is 78.1 Å². The van der Waals surface area contributed by atoms with E-state index in [0.29, 0.717) is 28.5 Å². The summed E-state index contributed by atoms with van der Waals surface area (Å²) < 4.78 is 10.7. The van der Waals surface area contributed by atoms with Crippen LogP contribution in [0.2, 0.25) is 0 Å². The molecule has 0 unspecified atom stereocenters. The van der Waals surface area contributed by atoms with Gasteiger partial charge in [-0.1, -0.05) is 18.2 Å². The Hall–Kier alpha value is -3.52. The first-order chi connectivity index (χ1) is 16.0. The number of fused-ring (bicyclic) bond motifs is 1. The van der Waals surface area contributed by atoms with E-state index in [4.69, 9.17) is 9.47 Å². The molecule has 33 heavy (non-hydrogen) atoms. The number of methoxy groups -OCH3 is 2. The van der Waals surface area contributed by atoms with Gasteiger partial charge in [0.25, 0.3) is 11.8 Å². The molecule has 0 radical (unpaired) electrons. The molecule has 0 saturated carbocycles. The number of benzene rings is 2. The first-order valence-electron chi connectivity index (χ1n) is 10.4. The van der Waals surface area contributed by atoms with Crippen molar-refractivity contribution >= 4 is 29.3 Å². The molecule has 0 fully saturated rings. The summed E-state index contributed by atoms with van der Waals surface area (Å²) in [5.74, 6) is 0.980. The van der Waals surface area contributed by atoms with Crippen molar-refractivity contribution in [3.63, 3.8) is 0 Å². The Morgan fingerprint density at radius 1 is 1.15 bits per heavy atom. The molecule has 0 aliphatic carbocycles. The van der Waals surface area contributed by atoms with Crippen molar-refractivity contribution in [2.45, 2.75) is 23.9 Å². The van der Waals surface area contributed by atoms with Gasteiger partial charge < -0.3 is 19.7 Å². The van der Waals surface area contributed by atoms with Crippen molar-refractivity contribution in [2.24, 2.45) is 0 Å². The van der Waals surface area contributed by atoms with Crippen molar-refractivity contribution in [1.82, 2.24) is 9.88 Å². The molecule has 1 aromatic heterocycles. The van der Waals surface area contributed by atoms with Crippen LogP contribution in [0.4, 0.5) is 5.69 Å². The number of carbonyl (C=O) groups excluding carboxylic acids is 2. The van der Waals surface area contributed by atoms with Crippen molar-refractivity contribution in [3.8, 4) is 11.5 Å². The second-order valence-electron chi connectivity index (χ2n) is 7.83. The quantitative estimate of drug-likeness (QED) is 0.589. The SMILES string of the molecule is COc1ccc(NC(=O)[C@]2(C)CSc3ccccc3C(=O)N2Cc2cccnc2)c(OC)c1. The second-order valence-corrected chi connectivity index (χ2v) is 8.85. The van der Waals surface area contributed by atoms with Crippen LogP contribution in [-0.2, 0) is 11.3 Å². The largest absolute Gasteiger partial charge is 0.497 e. The molecule has 1 aliphatic heterocycles. The maximum absolute atomic E-state index is 13.7. The molecule has 1 aliphatic rings. The topological polar surface area (TPSA) is 80.8 Å². The third-order valence-corrected chi connectivity index (χ3v) is 7.05. The van der Waals surface area contributed by atoms with Gasteiger partial charge in [-0.2, -0.15) is 0 Å². The van der Waals surface area contributed by atoms with Crippen molar-refractivity contribution in [1.29, 1.82) is 0 Å². The summed E-state index contributed by atoms with van der Waals surface area (Å²) in [4.78, 5) is 34.1. The Balaban J connectivity index is 1.72. The van der Waals surface area contributed by atoms with Gasteiger partial charge in [0, 0.05) is 35.7 Å². The van der Waals surface area contributed by atoms with Gasteiger partial charge in [0.2, 0.25) is 0 Å². The highest BCUT2D eigenvalue weighted by atomic mass is 32.2. The number of hydrogen-bond donors (Lipinski definition) is 1. The van der Waals surface area contributed by atoms with Crippen LogP contribution in [0.25, 0.3) is 0 Å². The summed E-state index contributed by atoms with van der Waals surface area (Å²) >= 11 is 1.50. The molecule has 170 valence electrons. The van der Waals surface area contributed by atoms with Crippen LogP contribution in [-0.4, -0.2) is 47.2 Å². The van der Waals surface area contributed by atoms with E-state index >= 15 is 0 Å². The predicted molar refractivity (Wildman–Crippen MR) is 128 cm³/mol. The molecule has 7 nitrogen and oxygen atoms in total. The van der Waals surface area contributed by atoms with Crippen LogP contribution in [0, 0.1) is 0 Å². The Labute approximate surface area is 197 Å². The number of nitrogens with zero attached hydrogens (tertiary/aromatic N) is 2. The van der Waals surface area contributed by atoms with Crippen LogP contribution in [0.5, 0.6) is 11.5 Å². The summed E-state index contributed by atoms with van der Waals surface area (Å²) in [5, 5.41) is 2.97. The highest BCUT2D eigenvalue weighted by Crippen LogP contribution is 2.37. The Morgan fingerprint density at radius 3 is 2.70 bits per heavy atom. The molecule has 1 atom stereocenters. The first kappa shape index (κ1) is 22.7. The number of aromatic nitrogens is 1. The summed E-state index contributed by atoms with van der Waals surface area (Å²) in [6, 6.07) is 16.3. The number of thioether (sulfide) groups is 1. The van der Waals surface area contributed by atoms with Crippen LogP contribution in [0.3, 0.4) is 0 Å². The number of hydrogen-bond acceptors (Lipinski definition) is 6. The Bertz CT molecular complexity index is 1170. The lowest BCUT2D eigenvalue weighted by atomic mass is 9.98. The maximum Gasteiger partial charge on any atom is 0.256 e. The zero-order chi connectivity index (χ0) is 23.4. The van der Waals surface area contributed by atoms with E-state index in [-0.39, 0.29) is 18.4 Å². The zero-order valence-electron chi connectivity index (χ0n) is 18.7. The molecule has 1 N–H and O–H groups in total. The van der Waals surface area contributed by atoms with Gasteiger partial charge in [0.1, 0.15) is 17.0 Å². The summed E-state index contributed by atoms with van der Waals surface area (Å²) in [7, 11) is 3.10. The number of carbonyl (C=O) groups is 2. The van der Waals surface area contributed by atoms with Crippen molar-refractivity contribution in [2.75, 3.05) is 25.3 Å². The fraction of sp³-hybridized carbons (Fsp3) is 0.240. The average Bonchev–Trinajstić information content (AvgIpc) is 2.96. The summed E-state index contributed by atoms with van der Waals surface area (Å²) in [6.07, 6.45) is 3.39. The van der Waals surface area contributed by atoms with E-state index in [2.05, 4.69) is 10.3 Å². The normalized spacial score (nSPS) is 17.7. The van der Waals surface area contributed by atoms with E-state index in [1.165, 1.54) is 18.9 Å². The molecule has 8 heteroatoms. The van der Waals surface area contributed by atoms with E-state index < -0.39 is 5.54 Å². The number of rotatable bonds is 6. The lowest BCUT2D eigenvalue weighted by molar-refractivity contribution is -0.125. The van der Waals surface area contributed by atoms with Gasteiger partial charge in [0.05, 0.1) is 25.5 Å². The van der Waals surface area contributed by atoms with Gasteiger partial charge in [-0.05, 0) is 42.8 Å². The van der Waals surface area contributed by atoms with Gasteiger partial charge in [-0.3, -0.25) is 14.6 Å². The fourth-order valence-electron chi connectivity index (χ4n) is 3.70. The molecule has 0 bridgehead atoms. The smallest absolute Gasteiger partial charge is 0.256 e. The number of nitrogens with one attached hydrogen (secondary N) is 1. The van der Waals surface area contributed by atoms with Crippen LogP contribution in [0.15, 0.2) is 71.9 Å². The van der Waals surface area contributed by atoms with Crippen molar-refractivity contribution < 1.29 is 19.1 Å². The molecular formula is C25H25N3O4S. The minimum absolute atomic E-state index is 0.196. The molecule has 0 saturated heterocycles. The molecule has 4 rings (SSSR count). The van der Waals surface area contributed by atoms with Crippen LogP contribution >= 0.6 is 11.8 Å². The third kappa shape index (κ3) is 4.52. The van der Waals surface area contributed by atoms with Gasteiger partial charge in [0.15, 0.2) is 0 Å². The van der Waals surface area contributed by atoms with Gasteiger partial charge >= 0.3 is 0 Å². The lowest BCUT2D eigenvalue weighted by Gasteiger charge is -2.38. The van der Waals surface area contributed by atoms with Gasteiger partial charge in [-0.15, -0.1) is 11.8 Å². The number of ether oxygens (including phenoxy) is 2. The molecule has 2 heterocycles. The number of amides is 2. The first-order valence-corrected chi connectivity index (χ1v) is 11.4. The van der Waals surface area contributed by atoms with E-state index in [0.717, 1.165) is 10.5 Å². The maximum atomic E-state index is 13.7. The summed E-state index contributed by atoms with van der Waals surface area (Å²) in [5.41, 5.74) is 0.799. The van der Waals surface area contributed by atoms with Crippen LogP contribution < -0.4 is 14.8 Å². The monoisotopic (exact) mass is 463 g/mol. The minimum atomic E-state index is -1.14. The number of pyridine rings is 1. The van der Waals surface area contributed by atoms with Gasteiger partial charge in [-0.25, -0.2) is 0 Å². The molecular weight excluding hydrogens is 438 g/mol. The molecule has 3 aromatic rings. The average molecular weight is 464 g/mol. The van der Waals surface area contributed by atoms with E-state index in [1.54, 1.807) is 55.6 Å². The van der Waals surface area contributed by atoms with Crippen LogP contribution in [0.1, 0.15) is 22.8 Å². The summed E-state index contributed by atoms with van der Waals surface area (Å²) in [6.45, 7) is 2.05. The zero-order valence-corrected chi connectivity index (χ0v) is 19.5. The minimum Gasteiger partial charge on any atom is -0.497 e. The second kappa shape index (κ2) is 9.54. The van der Waals surface area contributed by atoms with E-state index in [9.17, 15) is 9.59 Å². The fourth-order valence-corrected chi connectivity index (χ4v) is 4.91. The highest BCUT2D eigenvalue weighted by molar-refractivity contribution is 7.99. The Morgan fingerprint density at radius 2 is 1.97 bits per heavy atom.